The first-order valence-electron chi connectivity index (χ1n) is 12.4. The molecule has 0 aliphatic carbocycles. The van der Waals surface area contributed by atoms with Gasteiger partial charge in [0.05, 0.1) is 16.0 Å². The van der Waals surface area contributed by atoms with Crippen LogP contribution < -0.4 is 10.9 Å². The van der Waals surface area contributed by atoms with Crippen LogP contribution in [0.3, 0.4) is 0 Å². The fourth-order valence-electron chi connectivity index (χ4n) is 4.68. The molecular formula is C28H31N5O3S. The zero-order chi connectivity index (χ0) is 26.0. The number of nitrogens with zero attached hydrogens (tertiary/aromatic N) is 3. The van der Waals surface area contributed by atoms with Gasteiger partial charge in [0.2, 0.25) is 0 Å². The smallest absolute Gasteiger partial charge is 0.259 e. The van der Waals surface area contributed by atoms with Gasteiger partial charge in [0, 0.05) is 56.4 Å². The van der Waals surface area contributed by atoms with Crippen LogP contribution in [0.25, 0.3) is 22.0 Å². The standard InChI is InChI=1S/C28H31N5O3S/c1-3-32-14-16-33(17-15-32)19-20-4-8-23(9-5-20)30-27-26-22(12-13-29-28(26)34)18-25(31-27)21-6-10-24(11-7-21)37(2,35)36/h4-13,18H,3,14-17,19H2,1-2H3,(H,29,34)(H,30,31). The number of aromatic nitrogens is 2. The number of benzene rings is 2. The minimum atomic E-state index is -3.29. The summed E-state index contributed by atoms with van der Waals surface area (Å²) in [5, 5.41) is 4.54. The number of likely N-dealkylation sites (N-methyl/N-ethyl adjacent to an activating group) is 1. The molecule has 0 bridgehead atoms. The third-order valence-corrected chi connectivity index (χ3v) is 8.00. The van der Waals surface area contributed by atoms with Gasteiger partial charge in [-0.1, -0.05) is 31.2 Å². The van der Waals surface area contributed by atoms with Gasteiger partial charge in [0.25, 0.3) is 5.56 Å². The highest BCUT2D eigenvalue weighted by Gasteiger charge is 2.16. The van der Waals surface area contributed by atoms with E-state index in [1.54, 1.807) is 30.5 Å². The Kier molecular flexibility index (Phi) is 7.10. The van der Waals surface area contributed by atoms with Crippen LogP contribution in [0.5, 0.6) is 0 Å². The molecule has 2 aromatic carbocycles. The fraction of sp³-hybridized carbons (Fsp3) is 0.286. The average molecular weight is 518 g/mol. The first-order valence-corrected chi connectivity index (χ1v) is 14.3. The number of pyridine rings is 2. The van der Waals surface area contributed by atoms with E-state index in [-0.39, 0.29) is 10.5 Å². The maximum Gasteiger partial charge on any atom is 0.259 e. The Hall–Kier alpha value is -3.53. The van der Waals surface area contributed by atoms with Crippen molar-refractivity contribution >= 4 is 32.1 Å². The normalized spacial score (nSPS) is 15.2. The Balaban J connectivity index is 1.41. The molecule has 1 aliphatic rings. The third kappa shape index (κ3) is 5.74. The molecule has 1 aliphatic heterocycles. The van der Waals surface area contributed by atoms with Gasteiger partial charge in [0.1, 0.15) is 5.82 Å². The van der Waals surface area contributed by atoms with E-state index in [1.807, 2.05) is 24.3 Å². The molecule has 4 aromatic rings. The summed E-state index contributed by atoms with van der Waals surface area (Å²) < 4.78 is 23.7. The second-order valence-electron chi connectivity index (χ2n) is 9.46. The Bertz CT molecular complexity index is 1560. The van der Waals surface area contributed by atoms with Crippen LogP contribution in [0, 0.1) is 0 Å². The molecule has 8 nitrogen and oxygen atoms in total. The zero-order valence-electron chi connectivity index (χ0n) is 21.1. The second kappa shape index (κ2) is 10.5. The van der Waals surface area contributed by atoms with E-state index >= 15 is 0 Å². The molecule has 0 atom stereocenters. The van der Waals surface area contributed by atoms with Gasteiger partial charge in [-0.05, 0) is 53.9 Å². The number of nitrogens with one attached hydrogen (secondary N) is 2. The molecule has 0 spiro atoms. The van der Waals surface area contributed by atoms with Crippen LogP contribution in [0.4, 0.5) is 11.5 Å². The maximum atomic E-state index is 12.7. The third-order valence-electron chi connectivity index (χ3n) is 6.87. The largest absolute Gasteiger partial charge is 0.340 e. The maximum absolute atomic E-state index is 12.7. The molecule has 192 valence electrons. The highest BCUT2D eigenvalue weighted by atomic mass is 32.2. The van der Waals surface area contributed by atoms with E-state index in [9.17, 15) is 13.2 Å². The van der Waals surface area contributed by atoms with Crippen LogP contribution >= 0.6 is 0 Å². The number of anilines is 2. The van der Waals surface area contributed by atoms with Crippen LogP contribution in [0.1, 0.15) is 12.5 Å². The number of fused-ring (bicyclic) bond motifs is 1. The van der Waals surface area contributed by atoms with Crippen LogP contribution in [-0.2, 0) is 16.4 Å². The van der Waals surface area contributed by atoms with Crippen molar-refractivity contribution in [3.05, 3.63) is 82.8 Å². The van der Waals surface area contributed by atoms with Gasteiger partial charge >= 0.3 is 0 Å². The van der Waals surface area contributed by atoms with E-state index in [0.29, 0.717) is 16.9 Å². The Morgan fingerprint density at radius 2 is 1.62 bits per heavy atom. The van der Waals surface area contributed by atoms with E-state index < -0.39 is 9.84 Å². The van der Waals surface area contributed by atoms with Crippen LogP contribution in [0.2, 0.25) is 0 Å². The summed E-state index contributed by atoms with van der Waals surface area (Å²) in [6.07, 6.45) is 2.79. The highest BCUT2D eigenvalue weighted by molar-refractivity contribution is 7.90. The quantitative estimate of drug-likeness (QED) is 0.384. The van der Waals surface area contributed by atoms with Crippen LogP contribution in [-0.4, -0.2) is 67.2 Å². The summed E-state index contributed by atoms with van der Waals surface area (Å²) in [5.74, 6) is 0.449. The molecule has 1 fully saturated rings. The predicted molar refractivity (Wildman–Crippen MR) is 148 cm³/mol. The van der Waals surface area contributed by atoms with E-state index in [4.69, 9.17) is 4.98 Å². The van der Waals surface area contributed by atoms with E-state index in [1.165, 1.54) is 11.8 Å². The summed E-state index contributed by atoms with van der Waals surface area (Å²) in [5.41, 5.74) is 3.25. The first-order chi connectivity index (χ1) is 17.8. The lowest BCUT2D eigenvalue weighted by atomic mass is 10.1. The number of sulfone groups is 1. The van der Waals surface area contributed by atoms with Gasteiger partial charge in [-0.25, -0.2) is 13.4 Å². The Labute approximate surface area is 216 Å². The number of hydrogen-bond acceptors (Lipinski definition) is 7. The van der Waals surface area contributed by atoms with Crippen LogP contribution in [0.15, 0.2) is 76.6 Å². The molecule has 1 saturated heterocycles. The summed E-state index contributed by atoms with van der Waals surface area (Å²) in [4.78, 5) is 25.4. The molecule has 37 heavy (non-hydrogen) atoms. The van der Waals surface area contributed by atoms with Gasteiger partial charge < -0.3 is 15.2 Å². The number of piperazine rings is 1. The molecular weight excluding hydrogens is 486 g/mol. The summed E-state index contributed by atoms with van der Waals surface area (Å²) in [6.45, 7) is 8.59. The van der Waals surface area contributed by atoms with Crippen molar-refractivity contribution in [1.82, 2.24) is 19.8 Å². The number of hydrogen-bond donors (Lipinski definition) is 2. The monoisotopic (exact) mass is 517 g/mol. The summed E-state index contributed by atoms with van der Waals surface area (Å²) >= 11 is 0. The molecule has 2 N–H and O–H groups in total. The van der Waals surface area contributed by atoms with Crippen molar-refractivity contribution in [3.8, 4) is 11.3 Å². The SMILES string of the molecule is CCN1CCN(Cc2ccc(Nc3nc(-c4ccc(S(C)(=O)=O)cc4)cc4cc[nH]c(=O)c34)cc2)CC1. The minimum absolute atomic E-state index is 0.227. The van der Waals surface area contributed by atoms with Gasteiger partial charge in [-0.2, -0.15) is 0 Å². The first kappa shape index (κ1) is 25.1. The molecule has 0 unspecified atom stereocenters. The lowest BCUT2D eigenvalue weighted by Gasteiger charge is -2.34. The summed E-state index contributed by atoms with van der Waals surface area (Å²) in [7, 11) is -3.29. The zero-order valence-corrected chi connectivity index (χ0v) is 21.9. The second-order valence-corrected chi connectivity index (χ2v) is 11.5. The van der Waals surface area contributed by atoms with Gasteiger partial charge in [-0.3, -0.25) is 9.69 Å². The molecule has 3 heterocycles. The van der Waals surface area contributed by atoms with Crippen molar-refractivity contribution in [1.29, 1.82) is 0 Å². The Morgan fingerprint density at radius 1 is 0.946 bits per heavy atom. The van der Waals surface area contributed by atoms with E-state index in [2.05, 4.69) is 39.2 Å². The summed E-state index contributed by atoms with van der Waals surface area (Å²) in [6, 6.07) is 18.5. The van der Waals surface area contributed by atoms with Gasteiger partial charge in [-0.15, -0.1) is 0 Å². The molecule has 5 rings (SSSR count). The highest BCUT2D eigenvalue weighted by Crippen LogP contribution is 2.28. The predicted octanol–water partition coefficient (Wildman–Crippen LogP) is 3.87. The van der Waals surface area contributed by atoms with Crippen molar-refractivity contribution in [2.24, 2.45) is 0 Å². The number of aromatic amines is 1. The van der Waals surface area contributed by atoms with Crippen molar-refractivity contribution in [3.63, 3.8) is 0 Å². The average Bonchev–Trinajstić information content (AvgIpc) is 2.90. The topological polar surface area (TPSA) is 98.4 Å². The lowest BCUT2D eigenvalue weighted by molar-refractivity contribution is 0.132. The van der Waals surface area contributed by atoms with Gasteiger partial charge in [0.15, 0.2) is 9.84 Å². The Morgan fingerprint density at radius 3 is 2.27 bits per heavy atom. The molecule has 0 amide bonds. The fourth-order valence-corrected chi connectivity index (χ4v) is 5.31. The number of H-pyrrole nitrogens is 1. The van der Waals surface area contributed by atoms with E-state index in [0.717, 1.165) is 55.9 Å². The van der Waals surface area contributed by atoms with Crippen molar-refractivity contribution in [2.75, 3.05) is 44.3 Å². The van der Waals surface area contributed by atoms with Crippen molar-refractivity contribution in [2.45, 2.75) is 18.4 Å². The number of rotatable bonds is 7. The minimum Gasteiger partial charge on any atom is -0.340 e. The molecule has 0 radical (unpaired) electrons. The molecule has 0 saturated carbocycles. The molecule has 2 aromatic heterocycles. The van der Waals surface area contributed by atoms with Crippen molar-refractivity contribution < 1.29 is 8.42 Å². The lowest BCUT2D eigenvalue weighted by Crippen LogP contribution is -2.45. The molecule has 9 heteroatoms.